The normalized spacial score (nSPS) is 18.5. The number of aliphatic hydroxyl groups is 1. The number of piperidine rings is 1. The Morgan fingerprint density at radius 1 is 1.60 bits per heavy atom. The zero-order valence-corrected chi connectivity index (χ0v) is 14.4. The van der Waals surface area contributed by atoms with Gasteiger partial charge in [-0.3, -0.25) is 0 Å². The monoisotopic (exact) mass is 343 g/mol. The molecule has 1 saturated heterocycles. The molecule has 3 rings (SSSR count). The number of nitrogens with two attached hydrogens (primary N) is 1. The quantitative estimate of drug-likeness (QED) is 0.574. The molecule has 3 heterocycles. The molecule has 0 aliphatic carbocycles. The second kappa shape index (κ2) is 7.62. The maximum atomic E-state index is 9.06. The molecule has 1 fully saturated rings. The van der Waals surface area contributed by atoms with Crippen molar-refractivity contribution < 1.29 is 5.11 Å². The number of aromatic nitrogens is 3. The zero-order valence-electron chi connectivity index (χ0n) is 14.4. The molecule has 1 atom stereocenters. The molecule has 1 unspecified atom stereocenters. The van der Waals surface area contributed by atoms with Gasteiger partial charge >= 0.3 is 0 Å². The standard InChI is InChI=1S/C17H25N7O/c1-23(5-6-25)11-13(8-18)14-10-21-24-16(19)7-15(22-17(14)24)12-3-2-4-20-9-12/h7-8,10-12,18,20,25H,2-6,9,19H2,1H3/b13-11+,18-8?. The topological polar surface area (TPSA) is 116 Å². The van der Waals surface area contributed by atoms with Crippen LogP contribution in [0.1, 0.15) is 30.0 Å². The van der Waals surface area contributed by atoms with Crippen LogP contribution in [-0.4, -0.2) is 64.1 Å². The summed E-state index contributed by atoms with van der Waals surface area (Å²) in [6.07, 6.45) is 6.99. The van der Waals surface area contributed by atoms with E-state index >= 15 is 0 Å². The number of nitrogens with zero attached hydrogens (tertiary/aromatic N) is 4. The summed E-state index contributed by atoms with van der Waals surface area (Å²) in [7, 11) is 1.85. The van der Waals surface area contributed by atoms with Gasteiger partial charge in [-0.1, -0.05) is 0 Å². The Morgan fingerprint density at radius 3 is 3.12 bits per heavy atom. The maximum absolute atomic E-state index is 9.06. The summed E-state index contributed by atoms with van der Waals surface area (Å²) in [5, 5.41) is 24.5. The molecule has 0 radical (unpaired) electrons. The highest BCUT2D eigenvalue weighted by Crippen LogP contribution is 2.26. The smallest absolute Gasteiger partial charge is 0.165 e. The van der Waals surface area contributed by atoms with Crippen molar-refractivity contribution in [3.63, 3.8) is 0 Å². The number of rotatable bonds is 6. The van der Waals surface area contributed by atoms with Crippen molar-refractivity contribution in [3.8, 4) is 0 Å². The molecule has 5 N–H and O–H groups in total. The van der Waals surface area contributed by atoms with Crippen LogP contribution in [-0.2, 0) is 0 Å². The molecule has 8 nitrogen and oxygen atoms in total. The molecule has 25 heavy (non-hydrogen) atoms. The molecule has 2 aromatic rings. The van der Waals surface area contributed by atoms with E-state index in [1.165, 1.54) is 6.21 Å². The minimum atomic E-state index is 0.0526. The molecule has 0 spiro atoms. The van der Waals surface area contributed by atoms with Crippen LogP contribution in [0.3, 0.4) is 0 Å². The first-order chi connectivity index (χ1) is 12.1. The van der Waals surface area contributed by atoms with Gasteiger partial charge in [-0.2, -0.15) is 9.61 Å². The van der Waals surface area contributed by atoms with Gasteiger partial charge in [0.1, 0.15) is 5.82 Å². The Hall–Kier alpha value is -2.45. The fourth-order valence-corrected chi connectivity index (χ4v) is 3.17. The Balaban J connectivity index is 2.03. The van der Waals surface area contributed by atoms with Crippen LogP contribution in [0, 0.1) is 5.41 Å². The summed E-state index contributed by atoms with van der Waals surface area (Å²) in [6, 6.07) is 1.90. The number of hydrogen-bond acceptors (Lipinski definition) is 7. The first kappa shape index (κ1) is 17.4. The van der Waals surface area contributed by atoms with Gasteiger partial charge in [0.2, 0.25) is 0 Å². The third-order valence-electron chi connectivity index (χ3n) is 4.51. The summed E-state index contributed by atoms with van der Waals surface area (Å²) in [6.45, 7) is 2.49. The van der Waals surface area contributed by atoms with Gasteiger partial charge < -0.3 is 26.5 Å². The van der Waals surface area contributed by atoms with Gasteiger partial charge in [0.05, 0.1) is 18.5 Å². The number of anilines is 1. The van der Waals surface area contributed by atoms with Crippen molar-refractivity contribution in [2.24, 2.45) is 0 Å². The summed E-state index contributed by atoms with van der Waals surface area (Å²) < 4.78 is 1.61. The first-order valence-corrected chi connectivity index (χ1v) is 8.52. The van der Waals surface area contributed by atoms with Crippen molar-refractivity contribution in [1.29, 1.82) is 5.41 Å². The molecule has 0 bridgehead atoms. The largest absolute Gasteiger partial charge is 0.395 e. The third-order valence-corrected chi connectivity index (χ3v) is 4.51. The Bertz CT molecular complexity index is 777. The lowest BCUT2D eigenvalue weighted by Crippen LogP contribution is -2.29. The summed E-state index contributed by atoms with van der Waals surface area (Å²) in [5.74, 6) is 0.887. The summed E-state index contributed by atoms with van der Waals surface area (Å²) in [4.78, 5) is 6.65. The second-order valence-electron chi connectivity index (χ2n) is 6.38. The molecule has 0 saturated carbocycles. The average molecular weight is 343 g/mol. The van der Waals surface area contributed by atoms with Crippen LogP contribution < -0.4 is 11.1 Å². The van der Waals surface area contributed by atoms with Gasteiger partial charge in [-0.25, -0.2) is 4.98 Å². The predicted octanol–water partition coefficient (Wildman–Crippen LogP) is 0.693. The third kappa shape index (κ3) is 3.64. The van der Waals surface area contributed by atoms with Gasteiger partial charge in [-0.05, 0) is 19.4 Å². The van der Waals surface area contributed by atoms with Crippen LogP contribution >= 0.6 is 0 Å². The number of nitrogen functional groups attached to an aromatic ring is 1. The minimum Gasteiger partial charge on any atom is -0.395 e. The van der Waals surface area contributed by atoms with Crippen molar-refractivity contribution >= 4 is 23.3 Å². The number of allylic oxidation sites excluding steroid dienone is 1. The lowest BCUT2D eigenvalue weighted by atomic mass is 9.96. The van der Waals surface area contributed by atoms with Crippen LogP contribution in [0.4, 0.5) is 5.82 Å². The van der Waals surface area contributed by atoms with E-state index in [9.17, 15) is 0 Å². The van der Waals surface area contributed by atoms with Crippen molar-refractivity contribution in [1.82, 2.24) is 24.8 Å². The molecular formula is C17H25N7O. The van der Waals surface area contributed by atoms with E-state index in [-0.39, 0.29) is 6.61 Å². The number of hydrogen-bond donors (Lipinski definition) is 4. The lowest BCUT2D eigenvalue weighted by molar-refractivity contribution is 0.254. The molecule has 134 valence electrons. The van der Waals surface area contributed by atoms with Gasteiger partial charge in [-0.15, -0.1) is 0 Å². The molecule has 1 aliphatic rings. The van der Waals surface area contributed by atoms with Gasteiger partial charge in [0, 0.05) is 55.7 Å². The SMILES string of the molecule is CN(/C=C(\C=N)c1cnn2c(N)cc(C3CCCNC3)nc12)CCO. The zero-order chi connectivity index (χ0) is 17.8. The van der Waals surface area contributed by atoms with E-state index in [0.717, 1.165) is 37.2 Å². The summed E-state index contributed by atoms with van der Waals surface area (Å²) in [5.41, 5.74) is 9.25. The first-order valence-electron chi connectivity index (χ1n) is 8.52. The van der Waals surface area contributed by atoms with Crippen molar-refractivity contribution in [2.45, 2.75) is 18.8 Å². The molecule has 1 aliphatic heterocycles. The average Bonchev–Trinajstić information content (AvgIpc) is 3.05. The Labute approximate surface area is 146 Å². The Morgan fingerprint density at radius 2 is 2.44 bits per heavy atom. The fraction of sp³-hybridized carbons (Fsp3) is 0.471. The van der Waals surface area contributed by atoms with Gasteiger partial charge in [0.25, 0.3) is 0 Å². The highest BCUT2D eigenvalue weighted by molar-refractivity contribution is 6.10. The molecule has 2 aromatic heterocycles. The van der Waals surface area contributed by atoms with Gasteiger partial charge in [0.15, 0.2) is 5.65 Å². The van der Waals surface area contributed by atoms with Crippen molar-refractivity contribution in [2.75, 3.05) is 39.0 Å². The molecule has 0 amide bonds. The van der Waals surface area contributed by atoms with Crippen LogP contribution in [0.5, 0.6) is 0 Å². The maximum Gasteiger partial charge on any atom is 0.165 e. The lowest BCUT2D eigenvalue weighted by Gasteiger charge is -2.22. The number of nitrogens with one attached hydrogen (secondary N) is 2. The van der Waals surface area contributed by atoms with E-state index in [4.69, 9.17) is 21.2 Å². The van der Waals surface area contributed by atoms with Crippen molar-refractivity contribution in [3.05, 3.63) is 29.7 Å². The molecule has 0 aromatic carbocycles. The summed E-state index contributed by atoms with van der Waals surface area (Å²) >= 11 is 0. The highest BCUT2D eigenvalue weighted by atomic mass is 16.3. The number of fused-ring (bicyclic) bond motifs is 1. The second-order valence-corrected chi connectivity index (χ2v) is 6.38. The fourth-order valence-electron chi connectivity index (χ4n) is 3.17. The van der Waals surface area contributed by atoms with E-state index < -0.39 is 0 Å². The number of aliphatic hydroxyl groups excluding tert-OH is 1. The van der Waals surface area contributed by atoms with E-state index in [2.05, 4.69) is 10.4 Å². The highest BCUT2D eigenvalue weighted by Gasteiger charge is 2.20. The molecular weight excluding hydrogens is 318 g/mol. The minimum absolute atomic E-state index is 0.0526. The van der Waals surface area contributed by atoms with Crippen LogP contribution in [0.2, 0.25) is 0 Å². The predicted molar refractivity (Wildman–Crippen MR) is 98.7 cm³/mol. The van der Waals surface area contributed by atoms with E-state index in [1.54, 1.807) is 10.7 Å². The van der Waals surface area contributed by atoms with E-state index in [0.29, 0.717) is 29.5 Å². The Kier molecular flexibility index (Phi) is 5.30. The van der Waals surface area contributed by atoms with E-state index in [1.807, 2.05) is 24.2 Å². The van der Waals surface area contributed by atoms with Crippen LogP contribution in [0.15, 0.2) is 18.5 Å². The van der Waals surface area contributed by atoms with Crippen LogP contribution in [0.25, 0.3) is 11.2 Å². The molecule has 8 heteroatoms. The number of likely N-dealkylation sites (N-methyl/N-ethyl adjacent to an activating group) is 1.